The minimum atomic E-state index is -4.61. The number of hydrogen-bond donors (Lipinski definition) is 0. The lowest BCUT2D eigenvalue weighted by atomic mass is 9.94. The van der Waals surface area contributed by atoms with Gasteiger partial charge in [0, 0.05) is 11.1 Å². The van der Waals surface area contributed by atoms with E-state index in [0.29, 0.717) is 22.4 Å². The van der Waals surface area contributed by atoms with Gasteiger partial charge in [0.25, 0.3) is 0 Å². The molecular weight excluding hydrogens is 485 g/mol. The summed E-state index contributed by atoms with van der Waals surface area (Å²) >= 11 is 0. The van der Waals surface area contributed by atoms with Crippen molar-refractivity contribution >= 4 is 11.9 Å². The minimum Gasteiger partial charge on any atom is -0.462 e. The third kappa shape index (κ3) is 7.20. The molecule has 0 spiro atoms. The second-order valence-electron chi connectivity index (χ2n) is 8.05. The van der Waals surface area contributed by atoms with E-state index in [-0.39, 0.29) is 22.5 Å². The Labute approximate surface area is 212 Å². The Bertz CT molecular complexity index is 1350. The molecule has 190 valence electrons. The third-order valence-corrected chi connectivity index (χ3v) is 5.02. The Morgan fingerprint density at radius 2 is 1.27 bits per heavy atom. The maximum absolute atomic E-state index is 14.0. The number of carbonyl (C=O) groups is 2. The van der Waals surface area contributed by atoms with Crippen LogP contribution in [0.5, 0.6) is 11.5 Å². The van der Waals surface area contributed by atoms with Gasteiger partial charge in [0.05, 0.1) is 5.56 Å². The number of carbonyl (C=O) groups excluding carboxylic acids is 2. The zero-order chi connectivity index (χ0) is 27.2. The fourth-order valence-corrected chi connectivity index (χ4v) is 3.13. The van der Waals surface area contributed by atoms with Crippen molar-refractivity contribution in [2.45, 2.75) is 20.0 Å². The topological polar surface area (TPSA) is 61.8 Å². The number of ether oxygens (including phenoxy) is 3. The fourth-order valence-electron chi connectivity index (χ4n) is 3.13. The molecule has 0 amide bonds. The monoisotopic (exact) mass is 508 g/mol. The van der Waals surface area contributed by atoms with Crippen LogP contribution in [0.2, 0.25) is 0 Å². The summed E-state index contributed by atoms with van der Waals surface area (Å²) in [7, 11) is 0. The smallest absolute Gasteiger partial charge is 0.417 e. The molecule has 3 aromatic rings. The average Bonchev–Trinajstić information content (AvgIpc) is 2.86. The number of rotatable bonds is 8. The van der Waals surface area contributed by atoms with Crippen molar-refractivity contribution in [3.05, 3.63) is 109 Å². The summed E-state index contributed by atoms with van der Waals surface area (Å²) in [5.41, 5.74) is 0.850. The van der Waals surface area contributed by atoms with Crippen LogP contribution in [-0.2, 0) is 20.5 Å². The Morgan fingerprint density at radius 3 is 1.84 bits per heavy atom. The van der Waals surface area contributed by atoms with E-state index < -0.39 is 23.7 Å². The fraction of sp³-hybridized carbons (Fsp3) is 0.103. The predicted octanol–water partition coefficient (Wildman–Crippen LogP) is 7.49. The van der Waals surface area contributed by atoms with E-state index in [2.05, 4.69) is 13.2 Å². The van der Waals surface area contributed by atoms with Crippen molar-refractivity contribution in [3.63, 3.8) is 0 Å². The van der Waals surface area contributed by atoms with Gasteiger partial charge in [0.15, 0.2) is 0 Å². The maximum atomic E-state index is 14.0. The van der Waals surface area contributed by atoms with Crippen LogP contribution in [0.4, 0.5) is 13.2 Å². The van der Waals surface area contributed by atoms with Crippen molar-refractivity contribution in [3.8, 4) is 33.8 Å². The van der Waals surface area contributed by atoms with Crippen LogP contribution in [-0.4, -0.2) is 11.9 Å². The van der Waals surface area contributed by atoms with Gasteiger partial charge in [0.1, 0.15) is 24.0 Å². The highest BCUT2D eigenvalue weighted by Crippen LogP contribution is 2.40. The van der Waals surface area contributed by atoms with Crippen LogP contribution in [0.15, 0.2) is 104 Å². The first-order valence-electron chi connectivity index (χ1n) is 10.9. The maximum Gasteiger partial charge on any atom is 0.417 e. The first kappa shape index (κ1) is 27.0. The van der Waals surface area contributed by atoms with Crippen LogP contribution in [0.3, 0.4) is 0 Å². The van der Waals surface area contributed by atoms with Crippen LogP contribution in [0.25, 0.3) is 22.3 Å². The summed E-state index contributed by atoms with van der Waals surface area (Å²) in [4.78, 5) is 23.0. The van der Waals surface area contributed by atoms with Gasteiger partial charge in [-0.1, -0.05) is 49.6 Å². The number of esters is 2. The van der Waals surface area contributed by atoms with E-state index in [1.54, 1.807) is 30.3 Å². The van der Waals surface area contributed by atoms with E-state index >= 15 is 0 Å². The molecule has 0 saturated carbocycles. The standard InChI is InChI=1S/C29H23F3O5/c1-18(2)27(33)36-16-15-35-23-10-5-20(6-11-23)22-9-14-25(26(17-22)29(30,31)32)21-7-12-24(13-8-21)37-28(34)19(3)4/h5-17H,1,3H2,2,4H3. The largest absolute Gasteiger partial charge is 0.462 e. The summed E-state index contributed by atoms with van der Waals surface area (Å²) in [6.45, 7) is 9.95. The van der Waals surface area contributed by atoms with E-state index in [9.17, 15) is 22.8 Å². The highest BCUT2D eigenvalue weighted by atomic mass is 19.4. The molecule has 3 aromatic carbocycles. The quantitative estimate of drug-likeness (QED) is 0.137. The van der Waals surface area contributed by atoms with E-state index in [1.165, 1.54) is 44.2 Å². The molecule has 3 rings (SSSR count). The SMILES string of the molecule is C=C(C)C(=O)OC=COc1ccc(-c2ccc(-c3ccc(OC(=O)C(=C)C)cc3)c(C(F)(F)F)c2)cc1. The van der Waals surface area contributed by atoms with Crippen LogP contribution in [0.1, 0.15) is 19.4 Å². The second-order valence-corrected chi connectivity index (χ2v) is 8.05. The van der Waals surface area contributed by atoms with Gasteiger partial charge in [-0.25, -0.2) is 9.59 Å². The summed E-state index contributed by atoms with van der Waals surface area (Å²) in [5, 5.41) is 0. The average molecular weight is 508 g/mol. The van der Waals surface area contributed by atoms with Crippen LogP contribution >= 0.6 is 0 Å². The van der Waals surface area contributed by atoms with Gasteiger partial charge in [0.2, 0.25) is 0 Å². The summed E-state index contributed by atoms with van der Waals surface area (Å²) in [6, 6.07) is 16.2. The summed E-state index contributed by atoms with van der Waals surface area (Å²) in [6.07, 6.45) is -2.38. The molecule has 5 nitrogen and oxygen atoms in total. The van der Waals surface area contributed by atoms with E-state index in [1.807, 2.05) is 0 Å². The van der Waals surface area contributed by atoms with E-state index in [4.69, 9.17) is 14.2 Å². The third-order valence-electron chi connectivity index (χ3n) is 5.02. The predicted molar refractivity (Wildman–Crippen MR) is 133 cm³/mol. The highest BCUT2D eigenvalue weighted by molar-refractivity contribution is 5.89. The van der Waals surface area contributed by atoms with Crippen molar-refractivity contribution in [1.82, 2.24) is 0 Å². The number of hydrogen-bond acceptors (Lipinski definition) is 5. The Balaban J connectivity index is 1.81. The molecule has 0 aromatic heterocycles. The first-order chi connectivity index (χ1) is 17.5. The molecular formula is C29H23F3O5. The van der Waals surface area contributed by atoms with Crippen LogP contribution < -0.4 is 9.47 Å². The minimum absolute atomic E-state index is 0.0107. The van der Waals surface area contributed by atoms with Crippen molar-refractivity contribution in [2.75, 3.05) is 0 Å². The van der Waals surface area contributed by atoms with E-state index in [0.717, 1.165) is 18.6 Å². The van der Waals surface area contributed by atoms with Gasteiger partial charge in [-0.05, 0) is 66.4 Å². The Kier molecular flexibility index (Phi) is 8.34. The normalized spacial score (nSPS) is 11.2. The van der Waals surface area contributed by atoms with Gasteiger partial charge in [-0.3, -0.25) is 0 Å². The van der Waals surface area contributed by atoms with Gasteiger partial charge >= 0.3 is 18.1 Å². The molecule has 0 heterocycles. The first-order valence-corrected chi connectivity index (χ1v) is 10.9. The zero-order valence-corrected chi connectivity index (χ0v) is 20.1. The molecule has 0 fully saturated rings. The van der Waals surface area contributed by atoms with Crippen molar-refractivity contribution in [1.29, 1.82) is 0 Å². The summed E-state index contributed by atoms with van der Waals surface area (Å²) in [5.74, 6) is -0.618. The second kappa shape index (κ2) is 11.4. The molecule has 0 aliphatic heterocycles. The number of halogens is 3. The molecule has 0 saturated heterocycles. The molecule has 0 radical (unpaired) electrons. The van der Waals surface area contributed by atoms with Gasteiger partial charge < -0.3 is 14.2 Å². The number of alkyl halides is 3. The zero-order valence-electron chi connectivity index (χ0n) is 20.1. The lowest BCUT2D eigenvalue weighted by molar-refractivity contribution is -0.137. The summed E-state index contributed by atoms with van der Waals surface area (Å²) < 4.78 is 57.1. The molecule has 8 heteroatoms. The highest BCUT2D eigenvalue weighted by Gasteiger charge is 2.34. The van der Waals surface area contributed by atoms with Gasteiger partial charge in [-0.2, -0.15) is 13.2 Å². The lowest BCUT2D eigenvalue weighted by Gasteiger charge is -2.15. The van der Waals surface area contributed by atoms with Crippen molar-refractivity contribution in [2.24, 2.45) is 0 Å². The molecule has 0 atom stereocenters. The van der Waals surface area contributed by atoms with Gasteiger partial charge in [-0.15, -0.1) is 0 Å². The Hall–Kier alpha value is -4.59. The molecule has 0 N–H and O–H groups in total. The molecule has 0 unspecified atom stereocenters. The molecule has 0 aliphatic rings. The lowest BCUT2D eigenvalue weighted by Crippen LogP contribution is -2.08. The van der Waals surface area contributed by atoms with Crippen molar-refractivity contribution < 1.29 is 37.0 Å². The molecule has 0 bridgehead atoms. The molecule has 37 heavy (non-hydrogen) atoms. The molecule has 0 aliphatic carbocycles. The number of benzene rings is 3. The Morgan fingerprint density at radius 1 is 0.730 bits per heavy atom. The van der Waals surface area contributed by atoms with Crippen LogP contribution in [0, 0.1) is 0 Å².